The molecule has 0 aliphatic heterocycles. The summed E-state index contributed by atoms with van der Waals surface area (Å²) in [5.41, 5.74) is 3.61. The zero-order chi connectivity index (χ0) is 14.9. The number of anilines is 1. The number of aromatic nitrogens is 1. The lowest BCUT2D eigenvalue weighted by Gasteiger charge is -2.18. The van der Waals surface area contributed by atoms with Crippen molar-refractivity contribution in [2.45, 2.75) is 13.8 Å². The van der Waals surface area contributed by atoms with E-state index in [1.807, 2.05) is 43.5 Å². The summed E-state index contributed by atoms with van der Waals surface area (Å²) in [6.07, 6.45) is 0. The van der Waals surface area contributed by atoms with Gasteiger partial charge in [0.2, 0.25) is 0 Å². The maximum atomic E-state index is 12.9. The van der Waals surface area contributed by atoms with Gasteiger partial charge in [-0.25, -0.2) is 4.39 Å². The van der Waals surface area contributed by atoms with Gasteiger partial charge in [-0.2, -0.15) is 0 Å². The predicted octanol–water partition coefficient (Wildman–Crippen LogP) is 3.10. The third kappa shape index (κ3) is 2.74. The second-order valence-electron chi connectivity index (χ2n) is 5.10. The van der Waals surface area contributed by atoms with Crippen LogP contribution >= 0.6 is 0 Å². The summed E-state index contributed by atoms with van der Waals surface area (Å²) < 4.78 is 14.9. The maximum absolute atomic E-state index is 12.9. The van der Waals surface area contributed by atoms with Crippen molar-refractivity contribution in [3.8, 4) is 0 Å². The molecule has 1 aromatic carbocycles. The average Bonchev–Trinajstić information content (AvgIpc) is 2.67. The molecule has 106 valence electrons. The average molecular weight is 274 g/mol. The van der Waals surface area contributed by atoms with E-state index in [1.54, 1.807) is 12.1 Å². The summed E-state index contributed by atoms with van der Waals surface area (Å²) in [7, 11) is 3.78. The molecule has 0 aliphatic rings. The molecule has 4 heteroatoms. The molecule has 3 nitrogen and oxygen atoms in total. The molecule has 0 spiro atoms. The fraction of sp³-hybridized carbons (Fsp3) is 0.312. The molecule has 2 rings (SSSR count). The van der Waals surface area contributed by atoms with Crippen LogP contribution in [0.15, 0.2) is 30.3 Å². The molecule has 20 heavy (non-hydrogen) atoms. The van der Waals surface area contributed by atoms with E-state index in [1.165, 1.54) is 12.1 Å². The molecule has 0 saturated carbocycles. The zero-order valence-electron chi connectivity index (χ0n) is 12.3. The van der Waals surface area contributed by atoms with Crippen molar-refractivity contribution in [1.29, 1.82) is 0 Å². The summed E-state index contributed by atoms with van der Waals surface area (Å²) >= 11 is 0. The van der Waals surface area contributed by atoms with Gasteiger partial charge in [0.1, 0.15) is 5.82 Å². The van der Waals surface area contributed by atoms with Gasteiger partial charge in [0, 0.05) is 36.7 Å². The van der Waals surface area contributed by atoms with E-state index in [2.05, 4.69) is 0 Å². The van der Waals surface area contributed by atoms with Gasteiger partial charge in [0.25, 0.3) is 0 Å². The molecule has 0 saturated heterocycles. The molecule has 2 aromatic rings. The smallest absolute Gasteiger partial charge is 0.183 e. The first-order valence-corrected chi connectivity index (χ1v) is 6.53. The molecule has 0 radical (unpaired) electrons. The highest BCUT2D eigenvalue weighted by atomic mass is 19.1. The van der Waals surface area contributed by atoms with E-state index in [-0.39, 0.29) is 18.1 Å². The fourth-order valence-corrected chi connectivity index (χ4v) is 2.23. The van der Waals surface area contributed by atoms with Crippen LogP contribution in [0.1, 0.15) is 21.7 Å². The number of carbonyl (C=O) groups excluding carboxylic acids is 1. The first-order chi connectivity index (χ1) is 9.40. The molecule has 0 N–H and O–H groups in total. The van der Waals surface area contributed by atoms with Gasteiger partial charge >= 0.3 is 0 Å². The Morgan fingerprint density at radius 3 is 2.35 bits per heavy atom. The highest BCUT2D eigenvalue weighted by molar-refractivity contribution is 6.00. The Kier molecular flexibility index (Phi) is 3.93. The standard InChI is InChI=1S/C16H19FN2O/c1-11-9-15(12(2)19(11)4)16(20)10-18(3)14-7-5-13(17)6-8-14/h5-9H,10H2,1-4H3. The van der Waals surface area contributed by atoms with E-state index in [9.17, 15) is 9.18 Å². The van der Waals surface area contributed by atoms with Crippen molar-refractivity contribution in [2.24, 2.45) is 7.05 Å². The lowest BCUT2D eigenvalue weighted by Crippen LogP contribution is -2.25. The van der Waals surface area contributed by atoms with Crippen molar-refractivity contribution >= 4 is 11.5 Å². The number of carbonyl (C=O) groups is 1. The van der Waals surface area contributed by atoms with Gasteiger partial charge in [-0.3, -0.25) is 4.79 Å². The van der Waals surface area contributed by atoms with Crippen LogP contribution in [0.3, 0.4) is 0 Å². The molecule has 1 aromatic heterocycles. The van der Waals surface area contributed by atoms with E-state index in [0.29, 0.717) is 0 Å². The number of nitrogens with zero attached hydrogens (tertiary/aromatic N) is 2. The van der Waals surface area contributed by atoms with Crippen LogP contribution in [0.4, 0.5) is 10.1 Å². The van der Waals surface area contributed by atoms with Gasteiger partial charge < -0.3 is 9.47 Å². The first kappa shape index (κ1) is 14.3. The number of aryl methyl sites for hydroxylation is 1. The number of rotatable bonds is 4. The Labute approximate surface area is 118 Å². The van der Waals surface area contributed by atoms with Crippen LogP contribution in [-0.4, -0.2) is 23.9 Å². The zero-order valence-corrected chi connectivity index (χ0v) is 12.3. The lowest BCUT2D eigenvalue weighted by molar-refractivity contribution is 0.0999. The molecule has 1 heterocycles. The summed E-state index contributed by atoms with van der Waals surface area (Å²) in [6.45, 7) is 4.20. The highest BCUT2D eigenvalue weighted by Crippen LogP contribution is 2.17. The minimum atomic E-state index is -0.275. The Hall–Kier alpha value is -2.10. The topological polar surface area (TPSA) is 25.2 Å². The molecule has 0 amide bonds. The van der Waals surface area contributed by atoms with Crippen LogP contribution < -0.4 is 4.90 Å². The number of hydrogen-bond acceptors (Lipinski definition) is 2. The van der Waals surface area contributed by atoms with E-state index >= 15 is 0 Å². The van der Waals surface area contributed by atoms with Gasteiger partial charge in [0.05, 0.1) is 6.54 Å². The van der Waals surface area contributed by atoms with Gasteiger partial charge in [-0.15, -0.1) is 0 Å². The Balaban J connectivity index is 2.15. The van der Waals surface area contributed by atoms with Crippen molar-refractivity contribution < 1.29 is 9.18 Å². The monoisotopic (exact) mass is 274 g/mol. The first-order valence-electron chi connectivity index (χ1n) is 6.53. The molecule has 0 fully saturated rings. The number of ketones is 1. The van der Waals surface area contributed by atoms with Crippen LogP contribution in [0.2, 0.25) is 0 Å². The molecule has 0 atom stereocenters. The third-order valence-corrected chi connectivity index (χ3v) is 3.72. The molecule has 0 unspecified atom stereocenters. The van der Waals surface area contributed by atoms with Gasteiger partial charge in [0.15, 0.2) is 5.78 Å². The second kappa shape index (κ2) is 5.49. The quantitative estimate of drug-likeness (QED) is 0.800. The number of hydrogen-bond donors (Lipinski definition) is 0. The Morgan fingerprint density at radius 2 is 1.85 bits per heavy atom. The van der Waals surface area contributed by atoms with E-state index in [4.69, 9.17) is 0 Å². The highest BCUT2D eigenvalue weighted by Gasteiger charge is 2.16. The largest absolute Gasteiger partial charge is 0.367 e. The van der Waals surface area contributed by atoms with Crippen LogP contribution in [0.5, 0.6) is 0 Å². The second-order valence-corrected chi connectivity index (χ2v) is 5.10. The summed E-state index contributed by atoms with van der Waals surface area (Å²) in [5, 5.41) is 0. The summed E-state index contributed by atoms with van der Waals surface area (Å²) in [5.74, 6) is -0.207. The third-order valence-electron chi connectivity index (χ3n) is 3.72. The number of likely N-dealkylation sites (N-methyl/N-ethyl adjacent to an activating group) is 1. The molecular weight excluding hydrogens is 255 g/mol. The Morgan fingerprint density at radius 1 is 1.25 bits per heavy atom. The molecule has 0 aliphatic carbocycles. The normalized spacial score (nSPS) is 10.7. The fourth-order valence-electron chi connectivity index (χ4n) is 2.23. The number of Topliss-reactive ketones (excluding diaryl/α,β-unsaturated/α-hetero) is 1. The summed E-state index contributed by atoms with van der Waals surface area (Å²) in [4.78, 5) is 14.2. The number of halogens is 1. The minimum absolute atomic E-state index is 0.0676. The maximum Gasteiger partial charge on any atom is 0.183 e. The lowest BCUT2D eigenvalue weighted by atomic mass is 10.1. The molecular formula is C16H19FN2O. The summed E-state index contributed by atoms with van der Waals surface area (Å²) in [6, 6.07) is 8.05. The van der Waals surface area contributed by atoms with Gasteiger partial charge in [-0.1, -0.05) is 0 Å². The van der Waals surface area contributed by atoms with Crippen molar-refractivity contribution in [3.63, 3.8) is 0 Å². The van der Waals surface area contributed by atoms with Crippen molar-refractivity contribution in [3.05, 3.63) is 53.1 Å². The predicted molar refractivity (Wildman–Crippen MR) is 78.9 cm³/mol. The SMILES string of the molecule is Cc1cc(C(=O)CN(C)c2ccc(F)cc2)c(C)n1C. The van der Waals surface area contributed by atoms with Gasteiger partial charge in [-0.05, 0) is 44.2 Å². The minimum Gasteiger partial charge on any atom is -0.367 e. The van der Waals surface area contributed by atoms with Crippen molar-refractivity contribution in [2.75, 3.05) is 18.5 Å². The van der Waals surface area contributed by atoms with E-state index in [0.717, 1.165) is 22.6 Å². The Bertz CT molecular complexity index is 629. The van der Waals surface area contributed by atoms with Crippen LogP contribution in [-0.2, 0) is 7.05 Å². The van der Waals surface area contributed by atoms with Crippen molar-refractivity contribution in [1.82, 2.24) is 4.57 Å². The van der Waals surface area contributed by atoms with E-state index < -0.39 is 0 Å². The van der Waals surface area contributed by atoms with Crippen LogP contribution in [0, 0.1) is 19.7 Å². The number of benzene rings is 1. The molecule has 0 bridgehead atoms. The van der Waals surface area contributed by atoms with Crippen LogP contribution in [0.25, 0.3) is 0 Å².